The topological polar surface area (TPSA) is 82.9 Å². The van der Waals surface area contributed by atoms with Crippen molar-refractivity contribution in [1.29, 1.82) is 0 Å². The number of imidazole rings is 1. The van der Waals surface area contributed by atoms with E-state index in [1.165, 1.54) is 4.31 Å². The zero-order valence-electron chi connectivity index (χ0n) is 22.7. The normalized spacial score (nSPS) is 15.4. The van der Waals surface area contributed by atoms with E-state index in [0.29, 0.717) is 42.8 Å². The maximum Gasteiger partial charge on any atom is 0.281 e. The smallest absolute Gasteiger partial charge is 0.281 e. The third-order valence-electron chi connectivity index (χ3n) is 6.59. The van der Waals surface area contributed by atoms with Gasteiger partial charge in [-0.2, -0.15) is 17.0 Å². The Morgan fingerprint density at radius 1 is 1.05 bits per heavy atom. The molecule has 0 N–H and O–H groups in total. The maximum absolute atomic E-state index is 12.6. The molecule has 1 aromatic carbocycles. The van der Waals surface area contributed by atoms with Crippen molar-refractivity contribution in [2.45, 2.75) is 12.8 Å². The number of rotatable bonds is 10. The highest BCUT2D eigenvalue weighted by atomic mass is 35.5. The molecule has 0 atom stereocenters. The Morgan fingerprint density at radius 2 is 1.84 bits per heavy atom. The molecule has 0 unspecified atom stereocenters. The lowest BCUT2D eigenvalue weighted by molar-refractivity contribution is 0.281. The van der Waals surface area contributed by atoms with Gasteiger partial charge in [-0.15, -0.1) is 0 Å². The van der Waals surface area contributed by atoms with Gasteiger partial charge in [-0.1, -0.05) is 11.6 Å². The Labute approximate surface area is 230 Å². The van der Waals surface area contributed by atoms with Crippen molar-refractivity contribution in [3.05, 3.63) is 41.7 Å². The van der Waals surface area contributed by atoms with Crippen LogP contribution in [0.25, 0.3) is 16.9 Å². The summed E-state index contributed by atoms with van der Waals surface area (Å²) in [4.78, 5) is 9.22. The summed E-state index contributed by atoms with van der Waals surface area (Å²) in [6.45, 7) is 3.79. The van der Waals surface area contributed by atoms with Crippen molar-refractivity contribution in [3.63, 3.8) is 0 Å². The fourth-order valence-corrected chi connectivity index (χ4v) is 5.86. The summed E-state index contributed by atoms with van der Waals surface area (Å²) < 4.78 is 41.5. The second-order valence-electron chi connectivity index (χ2n) is 9.79. The fourth-order valence-electron chi connectivity index (χ4n) is 4.48. The zero-order valence-corrected chi connectivity index (χ0v) is 24.3. The number of ether oxygens (including phenoxy) is 2. The first-order chi connectivity index (χ1) is 18.1. The van der Waals surface area contributed by atoms with Crippen LogP contribution in [0.3, 0.4) is 0 Å². The predicted molar refractivity (Wildman–Crippen MR) is 152 cm³/mol. The van der Waals surface area contributed by atoms with Crippen LogP contribution in [0.2, 0.25) is 5.02 Å². The van der Waals surface area contributed by atoms with Crippen LogP contribution in [0.4, 0.5) is 5.69 Å². The molecule has 2 aromatic heterocycles. The predicted octanol–water partition coefficient (Wildman–Crippen LogP) is 3.31. The van der Waals surface area contributed by atoms with Gasteiger partial charge < -0.3 is 23.7 Å². The van der Waals surface area contributed by atoms with Crippen molar-refractivity contribution in [2.24, 2.45) is 0 Å². The van der Waals surface area contributed by atoms with E-state index in [9.17, 15) is 8.42 Å². The molecule has 0 aliphatic carbocycles. The lowest BCUT2D eigenvalue weighted by Crippen LogP contribution is -2.42. The number of fused-ring (bicyclic) bond motifs is 1. The van der Waals surface area contributed by atoms with Crippen LogP contribution in [-0.4, -0.2) is 106 Å². The van der Waals surface area contributed by atoms with Crippen LogP contribution in [0, 0.1) is 0 Å². The molecule has 1 saturated heterocycles. The average Bonchev–Trinajstić information content (AvgIpc) is 3.13. The molecule has 12 heteroatoms. The first-order valence-corrected chi connectivity index (χ1v) is 14.4. The minimum atomic E-state index is -3.43. The molecule has 3 aromatic rings. The third kappa shape index (κ3) is 6.35. The summed E-state index contributed by atoms with van der Waals surface area (Å²) in [6.07, 6.45) is 5.56. The Bertz CT molecular complexity index is 1360. The van der Waals surface area contributed by atoms with Crippen molar-refractivity contribution in [1.82, 2.24) is 22.9 Å². The van der Waals surface area contributed by atoms with Crippen LogP contribution in [-0.2, 0) is 10.2 Å². The van der Waals surface area contributed by atoms with Crippen molar-refractivity contribution in [2.75, 3.05) is 79.5 Å². The summed E-state index contributed by atoms with van der Waals surface area (Å²) in [5.74, 6) is 1.22. The number of hydrogen-bond donors (Lipinski definition) is 0. The quantitative estimate of drug-likeness (QED) is 0.349. The van der Waals surface area contributed by atoms with E-state index >= 15 is 0 Å². The SMILES string of the molecule is COc1cc(OCCCN(C)C)c(-c2cn3ccc(N4CCCN(S(=O)(=O)N(C)C)CC4)cc3n2)cc1Cl. The molecule has 4 rings (SSSR count). The molecule has 0 bridgehead atoms. The summed E-state index contributed by atoms with van der Waals surface area (Å²) >= 11 is 6.48. The van der Waals surface area contributed by atoms with E-state index in [2.05, 4.69) is 9.80 Å². The summed E-state index contributed by atoms with van der Waals surface area (Å²) in [5.41, 5.74) is 3.33. The monoisotopic (exact) mass is 564 g/mol. The fraction of sp³-hybridized carbons (Fsp3) is 0.500. The second kappa shape index (κ2) is 12.1. The van der Waals surface area contributed by atoms with Crippen LogP contribution in [0.1, 0.15) is 12.8 Å². The highest BCUT2D eigenvalue weighted by Crippen LogP contribution is 2.38. The van der Waals surface area contributed by atoms with Gasteiger partial charge in [-0.05, 0) is 39.1 Å². The first kappa shape index (κ1) is 28.4. The number of hydrogen-bond acceptors (Lipinski definition) is 7. The molecule has 208 valence electrons. The molecular weight excluding hydrogens is 528 g/mol. The number of methoxy groups -OCH3 is 1. The van der Waals surface area contributed by atoms with Crippen molar-refractivity contribution >= 4 is 33.1 Å². The van der Waals surface area contributed by atoms with Gasteiger partial charge >= 0.3 is 0 Å². The molecule has 0 spiro atoms. The summed E-state index contributed by atoms with van der Waals surface area (Å²) in [5, 5.41) is 0.489. The number of aromatic nitrogens is 2. The minimum absolute atomic E-state index is 0.435. The van der Waals surface area contributed by atoms with Gasteiger partial charge in [0, 0.05) is 82.6 Å². The van der Waals surface area contributed by atoms with Crippen LogP contribution in [0.15, 0.2) is 36.7 Å². The highest BCUT2D eigenvalue weighted by Gasteiger charge is 2.27. The number of pyridine rings is 1. The lowest BCUT2D eigenvalue weighted by Gasteiger charge is -2.25. The molecule has 38 heavy (non-hydrogen) atoms. The highest BCUT2D eigenvalue weighted by molar-refractivity contribution is 7.86. The van der Waals surface area contributed by atoms with Gasteiger partial charge in [0.2, 0.25) is 0 Å². The Morgan fingerprint density at radius 3 is 2.55 bits per heavy atom. The van der Waals surface area contributed by atoms with Gasteiger partial charge in [0.15, 0.2) is 0 Å². The van der Waals surface area contributed by atoms with E-state index in [-0.39, 0.29) is 0 Å². The van der Waals surface area contributed by atoms with Gasteiger partial charge in [0.25, 0.3) is 10.2 Å². The van der Waals surface area contributed by atoms with Crippen molar-refractivity contribution < 1.29 is 17.9 Å². The Hall–Kier alpha value is -2.57. The molecule has 1 aliphatic heterocycles. The number of benzene rings is 1. The molecule has 1 fully saturated rings. The maximum atomic E-state index is 12.6. The average molecular weight is 565 g/mol. The van der Waals surface area contributed by atoms with E-state index < -0.39 is 10.2 Å². The Balaban J connectivity index is 1.58. The van der Waals surface area contributed by atoms with Crippen LogP contribution < -0.4 is 14.4 Å². The molecule has 0 radical (unpaired) electrons. The zero-order chi connectivity index (χ0) is 27.4. The number of halogens is 1. The van der Waals surface area contributed by atoms with Crippen molar-refractivity contribution in [3.8, 4) is 22.8 Å². The standard InChI is InChI=1S/C26H37ClN6O4S/c1-29(2)9-7-15-37-24-18-25(36-5)22(27)17-21(24)23-19-32-12-8-20(16-26(32)28-23)31-10-6-11-33(14-13-31)38(34,35)30(3)4/h8,12,16-19H,6-7,9-11,13-15H2,1-5H3. The second-order valence-corrected chi connectivity index (χ2v) is 12.3. The molecule has 1 aliphatic rings. The van der Waals surface area contributed by atoms with E-state index in [0.717, 1.165) is 48.5 Å². The van der Waals surface area contributed by atoms with E-state index in [1.807, 2.05) is 55.2 Å². The minimum Gasteiger partial charge on any atom is -0.495 e. The first-order valence-electron chi connectivity index (χ1n) is 12.7. The van der Waals surface area contributed by atoms with Gasteiger partial charge in [-0.25, -0.2) is 4.98 Å². The number of nitrogens with zero attached hydrogens (tertiary/aromatic N) is 6. The largest absolute Gasteiger partial charge is 0.495 e. The van der Waals surface area contributed by atoms with Gasteiger partial charge in [0.1, 0.15) is 17.1 Å². The van der Waals surface area contributed by atoms with Crippen LogP contribution >= 0.6 is 11.6 Å². The molecule has 10 nitrogen and oxygen atoms in total. The molecule has 3 heterocycles. The molecular formula is C26H37ClN6O4S. The van der Waals surface area contributed by atoms with E-state index in [4.69, 9.17) is 26.1 Å². The molecule has 0 saturated carbocycles. The van der Waals surface area contributed by atoms with E-state index in [1.54, 1.807) is 25.5 Å². The lowest BCUT2D eigenvalue weighted by atomic mass is 10.1. The summed E-state index contributed by atoms with van der Waals surface area (Å²) in [6, 6.07) is 7.71. The third-order valence-corrected chi connectivity index (χ3v) is 8.82. The summed E-state index contributed by atoms with van der Waals surface area (Å²) in [7, 11) is 5.37. The van der Waals surface area contributed by atoms with Crippen LogP contribution in [0.5, 0.6) is 11.5 Å². The molecule has 0 amide bonds. The van der Waals surface area contributed by atoms with Gasteiger partial charge in [0.05, 0.1) is 24.4 Å². The number of anilines is 1. The van der Waals surface area contributed by atoms with Gasteiger partial charge in [-0.3, -0.25) is 0 Å². The Kier molecular flexibility index (Phi) is 9.04.